The van der Waals surface area contributed by atoms with Crippen LogP contribution in [0.2, 0.25) is 0 Å². The third-order valence-electron chi connectivity index (χ3n) is 9.90. The molecule has 0 spiro atoms. The number of amides is 8. The largest absolute Gasteiger partial charge is 0.481 e. The molecule has 0 aromatic heterocycles. The highest BCUT2D eigenvalue weighted by Gasteiger charge is 2.37. The van der Waals surface area contributed by atoms with Crippen molar-refractivity contribution >= 4 is 59.2 Å². The molecule has 0 unspecified atom stereocenters. The number of carboxylic acid groups (broad SMARTS) is 2. The lowest BCUT2D eigenvalue weighted by molar-refractivity contribution is -0.144. The summed E-state index contributed by atoms with van der Waals surface area (Å²) in [5.74, 6) is -10.9. The van der Waals surface area contributed by atoms with Crippen molar-refractivity contribution in [3.05, 3.63) is 35.9 Å². The SMILES string of the molecule is CC[C@H](C)[C@H](N)C(=O)N[C@H](C(=O)N[C@@H](Cc1ccccc1)C(=O)NCC(=O)NCC(=O)N1CCC[C@H]1C(=O)N[C@@H](CO)C(=O)N[C@@H](CC(=O)O)C(=O)N[C@@H](CO)C(=O)O)[C@@H](C)O. The molecule has 8 amide bonds. The number of aliphatic hydroxyl groups is 3. The minimum Gasteiger partial charge on any atom is -0.481 e. The van der Waals surface area contributed by atoms with E-state index in [1.807, 2.05) is 17.6 Å². The summed E-state index contributed by atoms with van der Waals surface area (Å²) < 4.78 is 0. The fourth-order valence-corrected chi connectivity index (χ4v) is 6.03. The molecule has 1 heterocycles. The quantitative estimate of drug-likeness (QED) is 0.0435. The van der Waals surface area contributed by atoms with Crippen molar-refractivity contribution in [1.29, 1.82) is 0 Å². The first-order chi connectivity index (χ1) is 29.2. The summed E-state index contributed by atoms with van der Waals surface area (Å²) in [6.45, 7) is 1.50. The lowest BCUT2D eigenvalue weighted by Crippen LogP contribution is -2.60. The maximum absolute atomic E-state index is 13.4. The summed E-state index contributed by atoms with van der Waals surface area (Å²) in [5.41, 5.74) is 6.61. The van der Waals surface area contributed by atoms with Gasteiger partial charge in [-0.15, -0.1) is 0 Å². The van der Waals surface area contributed by atoms with Crippen LogP contribution in [0.15, 0.2) is 30.3 Å². The van der Waals surface area contributed by atoms with Crippen molar-refractivity contribution in [3.63, 3.8) is 0 Å². The van der Waals surface area contributed by atoms with E-state index in [1.165, 1.54) is 6.92 Å². The van der Waals surface area contributed by atoms with Gasteiger partial charge in [0, 0.05) is 13.0 Å². The molecular weight excluding hydrogens is 822 g/mol. The molecule has 24 nitrogen and oxygen atoms in total. The standard InChI is InChI=1S/C38H57N9O15/c1-4-19(2)30(39)36(59)46-31(20(3)50)37(60)43-22(13-21-9-6-5-7-10-21)32(55)41-15-27(51)40-16-28(52)47-12-8-11-26(47)35(58)44-24(17-48)34(57)42-23(14-29(53)54)33(56)45-25(18-49)38(61)62/h5-7,9-10,19-20,22-26,30-31,48-50H,4,8,11-18,39H2,1-3H3,(H,40,51)(H,41,55)(H,42,57)(H,43,60)(H,44,58)(H,45,56)(H,46,59)(H,53,54)(H,61,62)/t19-,20+,22-,23-,24-,25-,26-,30-,31-/m0/s1. The van der Waals surface area contributed by atoms with Gasteiger partial charge in [0.2, 0.25) is 47.3 Å². The Labute approximate surface area is 356 Å². The number of benzene rings is 1. The topological polar surface area (TPSA) is 385 Å². The Balaban J connectivity index is 2.04. The van der Waals surface area contributed by atoms with E-state index >= 15 is 0 Å². The van der Waals surface area contributed by atoms with Crippen molar-refractivity contribution in [2.45, 2.75) is 101 Å². The van der Waals surface area contributed by atoms with Crippen LogP contribution in [-0.4, -0.2) is 171 Å². The summed E-state index contributed by atoms with van der Waals surface area (Å²) in [6, 6.07) is -1.91. The van der Waals surface area contributed by atoms with E-state index in [2.05, 4.69) is 26.6 Å². The second kappa shape index (κ2) is 25.5. The molecule has 1 fully saturated rings. The minimum absolute atomic E-state index is 0.0499. The maximum atomic E-state index is 13.4. The van der Waals surface area contributed by atoms with E-state index < -0.39 is 140 Å². The van der Waals surface area contributed by atoms with Gasteiger partial charge in [0.15, 0.2) is 0 Å². The smallest absolute Gasteiger partial charge is 0.328 e. The molecule has 0 saturated carbocycles. The fourth-order valence-electron chi connectivity index (χ4n) is 6.03. The number of carbonyl (C=O) groups is 10. The van der Waals surface area contributed by atoms with Crippen LogP contribution >= 0.6 is 0 Å². The van der Waals surface area contributed by atoms with Crippen LogP contribution in [0.1, 0.15) is 52.0 Å². The number of aliphatic hydroxyl groups excluding tert-OH is 3. The summed E-state index contributed by atoms with van der Waals surface area (Å²) in [4.78, 5) is 128. The normalized spacial score (nSPS) is 17.3. The third kappa shape index (κ3) is 16.3. The minimum atomic E-state index is -1.88. The number of rotatable bonds is 25. The Bertz CT molecular complexity index is 1770. The van der Waals surface area contributed by atoms with Crippen LogP contribution in [-0.2, 0) is 54.4 Å². The average Bonchev–Trinajstić information content (AvgIpc) is 3.74. The number of carboxylic acids is 2. The fraction of sp³-hybridized carbons (Fsp3) is 0.579. The van der Waals surface area contributed by atoms with Gasteiger partial charge >= 0.3 is 11.9 Å². The van der Waals surface area contributed by atoms with Crippen molar-refractivity contribution in [2.24, 2.45) is 11.7 Å². The number of hydrogen-bond acceptors (Lipinski definition) is 14. The molecule has 0 bridgehead atoms. The molecule has 1 aliphatic rings. The Morgan fingerprint density at radius 3 is 1.90 bits per heavy atom. The summed E-state index contributed by atoms with van der Waals surface area (Å²) in [5, 5.41) is 63.4. The van der Waals surface area contributed by atoms with Gasteiger partial charge in [-0.1, -0.05) is 50.6 Å². The molecule has 62 heavy (non-hydrogen) atoms. The number of nitrogens with zero attached hydrogens (tertiary/aromatic N) is 1. The summed E-state index contributed by atoms with van der Waals surface area (Å²) in [7, 11) is 0. The van der Waals surface area contributed by atoms with E-state index in [1.54, 1.807) is 37.3 Å². The van der Waals surface area contributed by atoms with Gasteiger partial charge in [-0.3, -0.25) is 43.2 Å². The van der Waals surface area contributed by atoms with Gasteiger partial charge in [0.05, 0.1) is 44.9 Å². The second-order valence-corrected chi connectivity index (χ2v) is 14.6. The van der Waals surface area contributed by atoms with Gasteiger partial charge in [-0.25, -0.2) is 4.79 Å². The van der Waals surface area contributed by atoms with E-state index in [4.69, 9.17) is 15.9 Å². The zero-order valence-corrected chi connectivity index (χ0v) is 34.5. The second-order valence-electron chi connectivity index (χ2n) is 14.6. The summed E-state index contributed by atoms with van der Waals surface area (Å²) >= 11 is 0. The van der Waals surface area contributed by atoms with Crippen molar-refractivity contribution in [2.75, 3.05) is 32.8 Å². The number of nitrogens with two attached hydrogens (primary N) is 1. The van der Waals surface area contributed by atoms with E-state index in [0.29, 0.717) is 18.4 Å². The number of likely N-dealkylation sites (tertiary alicyclic amines) is 1. The molecule has 1 aromatic carbocycles. The van der Waals surface area contributed by atoms with Crippen LogP contribution in [0, 0.1) is 5.92 Å². The van der Waals surface area contributed by atoms with E-state index in [-0.39, 0.29) is 25.3 Å². The number of carbonyl (C=O) groups excluding carboxylic acids is 8. The lowest BCUT2D eigenvalue weighted by Gasteiger charge is -2.27. The molecule has 14 N–H and O–H groups in total. The van der Waals surface area contributed by atoms with Crippen LogP contribution in [0.4, 0.5) is 0 Å². The van der Waals surface area contributed by atoms with Crippen molar-refractivity contribution in [3.8, 4) is 0 Å². The molecule has 1 aliphatic heterocycles. The Hall–Kier alpha value is -6.24. The lowest BCUT2D eigenvalue weighted by atomic mass is 9.98. The zero-order valence-electron chi connectivity index (χ0n) is 34.5. The highest BCUT2D eigenvalue weighted by molar-refractivity contribution is 5.97. The number of aliphatic carboxylic acids is 2. The van der Waals surface area contributed by atoms with Crippen LogP contribution in [0.5, 0.6) is 0 Å². The molecule has 9 atom stereocenters. The zero-order chi connectivity index (χ0) is 46.7. The number of hydrogen-bond donors (Lipinski definition) is 13. The molecule has 24 heteroatoms. The van der Waals surface area contributed by atoms with Gasteiger partial charge < -0.3 is 73.4 Å². The highest BCUT2D eigenvalue weighted by atomic mass is 16.4. The van der Waals surface area contributed by atoms with Gasteiger partial charge in [-0.05, 0) is 31.2 Å². The van der Waals surface area contributed by atoms with Gasteiger partial charge in [0.1, 0.15) is 36.3 Å². The van der Waals surface area contributed by atoms with Crippen molar-refractivity contribution in [1.82, 2.24) is 42.1 Å². The average molecular weight is 880 g/mol. The number of nitrogens with one attached hydrogen (secondary N) is 7. The van der Waals surface area contributed by atoms with E-state index in [0.717, 1.165) is 4.90 Å². The summed E-state index contributed by atoms with van der Waals surface area (Å²) in [6.07, 6.45) is -1.49. The molecular formula is C38H57N9O15. The first kappa shape index (κ1) is 51.9. The van der Waals surface area contributed by atoms with Crippen LogP contribution in [0.3, 0.4) is 0 Å². The Morgan fingerprint density at radius 1 is 0.742 bits per heavy atom. The molecule has 0 aliphatic carbocycles. The predicted octanol–water partition coefficient (Wildman–Crippen LogP) is -5.83. The molecule has 0 radical (unpaired) electrons. The monoisotopic (exact) mass is 879 g/mol. The van der Waals surface area contributed by atoms with Crippen LogP contribution in [0.25, 0.3) is 0 Å². The van der Waals surface area contributed by atoms with E-state index in [9.17, 15) is 63.3 Å². The third-order valence-corrected chi connectivity index (χ3v) is 9.90. The van der Waals surface area contributed by atoms with Crippen LogP contribution < -0.4 is 43.0 Å². The molecule has 1 saturated heterocycles. The van der Waals surface area contributed by atoms with Crippen molar-refractivity contribution < 1.29 is 73.5 Å². The first-order valence-corrected chi connectivity index (χ1v) is 19.7. The Morgan fingerprint density at radius 2 is 1.34 bits per heavy atom. The molecule has 2 rings (SSSR count). The predicted molar refractivity (Wildman–Crippen MR) is 214 cm³/mol. The van der Waals surface area contributed by atoms with Gasteiger partial charge in [0.25, 0.3) is 0 Å². The van der Waals surface area contributed by atoms with Gasteiger partial charge in [-0.2, -0.15) is 0 Å². The highest BCUT2D eigenvalue weighted by Crippen LogP contribution is 2.18. The first-order valence-electron chi connectivity index (χ1n) is 19.7. The maximum Gasteiger partial charge on any atom is 0.328 e. The Kier molecular flexibility index (Phi) is 21.4. The molecule has 344 valence electrons. The molecule has 1 aromatic rings.